The van der Waals surface area contributed by atoms with E-state index in [-0.39, 0.29) is 5.92 Å². The summed E-state index contributed by atoms with van der Waals surface area (Å²) in [5.41, 5.74) is 1.34. The number of ether oxygens (including phenoxy) is 3. The van der Waals surface area contributed by atoms with Gasteiger partial charge in [0.1, 0.15) is 5.76 Å². The fourth-order valence-corrected chi connectivity index (χ4v) is 1.95. The minimum Gasteiger partial charge on any atom is -0.493 e. The summed E-state index contributed by atoms with van der Waals surface area (Å²) >= 11 is 2.12. The van der Waals surface area contributed by atoms with Crippen molar-refractivity contribution >= 4 is 28.3 Å². The summed E-state index contributed by atoms with van der Waals surface area (Å²) in [5, 5.41) is 12.0. The topological polar surface area (TPSA) is 60.3 Å². The zero-order valence-corrected chi connectivity index (χ0v) is 14.5. The molecule has 0 spiro atoms. The van der Waals surface area contributed by atoms with E-state index < -0.39 is 5.79 Å². The highest BCUT2D eigenvalue weighted by Crippen LogP contribution is 2.22. The van der Waals surface area contributed by atoms with Crippen LogP contribution in [0.3, 0.4) is 0 Å². The highest BCUT2D eigenvalue weighted by atomic mass is 127. The Morgan fingerprint density at radius 2 is 2.00 bits per heavy atom. The van der Waals surface area contributed by atoms with E-state index in [1.54, 1.807) is 6.92 Å². The van der Waals surface area contributed by atoms with Crippen molar-refractivity contribution in [3.63, 3.8) is 0 Å². The predicted octanol–water partition coefficient (Wildman–Crippen LogP) is 3.47. The number of allylic oxidation sites excluding steroid dienone is 2. The minimum atomic E-state index is -0.507. The van der Waals surface area contributed by atoms with Gasteiger partial charge in [0.2, 0.25) is 0 Å². The SMILES string of the molecule is CC(=N\O)/C(C)=C(\C=C/I)OCC1COC(C)(C)OC1. The maximum Gasteiger partial charge on any atom is 0.162 e. The molecule has 1 N–H and O–H groups in total. The molecule has 0 bridgehead atoms. The molecular weight excluding hydrogens is 373 g/mol. The lowest BCUT2D eigenvalue weighted by molar-refractivity contribution is -0.265. The van der Waals surface area contributed by atoms with Crippen LogP contribution in [-0.2, 0) is 14.2 Å². The average molecular weight is 395 g/mol. The van der Waals surface area contributed by atoms with Crippen molar-refractivity contribution in [1.29, 1.82) is 0 Å². The Balaban J connectivity index is 2.61. The number of halogens is 1. The second-order valence-electron chi connectivity index (χ2n) is 5.17. The van der Waals surface area contributed by atoms with Crippen LogP contribution in [-0.4, -0.2) is 36.5 Å². The Morgan fingerprint density at radius 1 is 1.40 bits per heavy atom. The van der Waals surface area contributed by atoms with E-state index in [2.05, 4.69) is 27.7 Å². The van der Waals surface area contributed by atoms with Crippen LogP contribution < -0.4 is 0 Å². The Hall–Kier alpha value is -0.600. The summed E-state index contributed by atoms with van der Waals surface area (Å²) in [6.07, 6.45) is 1.85. The van der Waals surface area contributed by atoms with Gasteiger partial charge in [-0.1, -0.05) is 27.7 Å². The molecule has 0 radical (unpaired) electrons. The highest BCUT2D eigenvalue weighted by Gasteiger charge is 2.28. The predicted molar refractivity (Wildman–Crippen MR) is 86.2 cm³/mol. The van der Waals surface area contributed by atoms with E-state index in [4.69, 9.17) is 19.4 Å². The molecule has 1 fully saturated rings. The van der Waals surface area contributed by atoms with Gasteiger partial charge in [0.25, 0.3) is 0 Å². The van der Waals surface area contributed by atoms with Crippen LogP contribution in [0.15, 0.2) is 26.6 Å². The van der Waals surface area contributed by atoms with Crippen LogP contribution in [0.2, 0.25) is 0 Å². The van der Waals surface area contributed by atoms with Crippen molar-refractivity contribution in [3.8, 4) is 0 Å². The van der Waals surface area contributed by atoms with E-state index in [1.165, 1.54) is 0 Å². The maximum absolute atomic E-state index is 8.83. The van der Waals surface area contributed by atoms with Gasteiger partial charge in [0.05, 0.1) is 25.5 Å². The summed E-state index contributed by atoms with van der Waals surface area (Å²) < 4.78 is 18.9. The molecule has 1 rings (SSSR count). The molecule has 114 valence electrons. The van der Waals surface area contributed by atoms with E-state index in [0.29, 0.717) is 31.3 Å². The van der Waals surface area contributed by atoms with E-state index >= 15 is 0 Å². The van der Waals surface area contributed by atoms with Crippen molar-refractivity contribution in [3.05, 3.63) is 21.5 Å². The molecule has 1 heterocycles. The average Bonchev–Trinajstić information content (AvgIpc) is 2.43. The number of hydrogen-bond donors (Lipinski definition) is 1. The molecule has 0 unspecified atom stereocenters. The lowest BCUT2D eigenvalue weighted by atomic mass is 10.1. The van der Waals surface area contributed by atoms with Gasteiger partial charge in [0.15, 0.2) is 5.79 Å². The largest absolute Gasteiger partial charge is 0.493 e. The second kappa shape index (κ2) is 7.99. The maximum atomic E-state index is 8.83. The summed E-state index contributed by atoms with van der Waals surface area (Å²) in [4.78, 5) is 0. The standard InChI is InChI=1S/C14H22INO4/c1-10(11(2)16-17)13(5-6-15)18-7-12-8-19-14(3,4)20-9-12/h5-6,12,17H,7-9H2,1-4H3/b6-5-,13-10+,16-11+. The minimum absolute atomic E-state index is 0.194. The van der Waals surface area contributed by atoms with Gasteiger partial charge in [0, 0.05) is 11.5 Å². The lowest BCUT2D eigenvalue weighted by Gasteiger charge is -2.34. The second-order valence-corrected chi connectivity index (χ2v) is 5.89. The molecule has 5 nitrogen and oxygen atoms in total. The number of oxime groups is 1. The quantitative estimate of drug-likeness (QED) is 0.193. The number of rotatable bonds is 5. The number of nitrogens with zero attached hydrogens (tertiary/aromatic N) is 1. The molecule has 0 aromatic rings. The van der Waals surface area contributed by atoms with Gasteiger partial charge >= 0.3 is 0 Å². The molecule has 0 amide bonds. The van der Waals surface area contributed by atoms with Crippen molar-refractivity contribution < 1.29 is 19.4 Å². The zero-order valence-electron chi connectivity index (χ0n) is 12.4. The fraction of sp³-hybridized carbons (Fsp3) is 0.643. The molecular formula is C14H22INO4. The third-order valence-electron chi connectivity index (χ3n) is 3.08. The summed E-state index contributed by atoms with van der Waals surface area (Å²) in [5.74, 6) is 0.382. The summed E-state index contributed by atoms with van der Waals surface area (Å²) in [7, 11) is 0. The number of hydrogen-bond acceptors (Lipinski definition) is 5. The Kier molecular flexibility index (Phi) is 6.97. The highest BCUT2D eigenvalue weighted by molar-refractivity contribution is 14.1. The molecule has 0 atom stereocenters. The van der Waals surface area contributed by atoms with E-state index in [0.717, 1.165) is 5.57 Å². The molecule has 0 aliphatic carbocycles. The van der Waals surface area contributed by atoms with Crippen molar-refractivity contribution in [1.82, 2.24) is 0 Å². The van der Waals surface area contributed by atoms with Gasteiger partial charge in [-0.05, 0) is 37.9 Å². The monoisotopic (exact) mass is 395 g/mol. The fourth-order valence-electron chi connectivity index (χ4n) is 1.62. The molecule has 0 aromatic carbocycles. The first-order valence-electron chi connectivity index (χ1n) is 6.47. The van der Waals surface area contributed by atoms with Gasteiger partial charge in [-0.15, -0.1) is 0 Å². The molecule has 1 aliphatic heterocycles. The van der Waals surface area contributed by atoms with Crippen LogP contribution in [0.1, 0.15) is 27.7 Å². The van der Waals surface area contributed by atoms with Crippen LogP contribution in [0.25, 0.3) is 0 Å². The normalized spacial score (nSPS) is 21.9. The van der Waals surface area contributed by atoms with Gasteiger partial charge in [-0.25, -0.2) is 0 Å². The molecule has 1 saturated heterocycles. The molecule has 0 aromatic heterocycles. The van der Waals surface area contributed by atoms with Crippen LogP contribution in [0.5, 0.6) is 0 Å². The zero-order chi connectivity index (χ0) is 15.2. The van der Waals surface area contributed by atoms with Crippen LogP contribution >= 0.6 is 22.6 Å². The van der Waals surface area contributed by atoms with Gasteiger partial charge in [-0.3, -0.25) is 0 Å². The summed E-state index contributed by atoms with van der Waals surface area (Å²) in [6, 6.07) is 0. The molecule has 1 aliphatic rings. The van der Waals surface area contributed by atoms with Crippen molar-refractivity contribution in [2.45, 2.75) is 33.5 Å². The van der Waals surface area contributed by atoms with Gasteiger partial charge in [-0.2, -0.15) is 0 Å². The smallest absolute Gasteiger partial charge is 0.162 e. The Bertz CT molecular complexity index is 405. The van der Waals surface area contributed by atoms with E-state index in [1.807, 2.05) is 30.9 Å². The molecule has 0 saturated carbocycles. The lowest BCUT2D eigenvalue weighted by Crippen LogP contribution is -2.40. The Labute approximate surface area is 133 Å². The third kappa shape index (κ3) is 5.41. The first-order valence-corrected chi connectivity index (χ1v) is 7.71. The third-order valence-corrected chi connectivity index (χ3v) is 3.44. The Morgan fingerprint density at radius 3 is 2.50 bits per heavy atom. The van der Waals surface area contributed by atoms with Crippen LogP contribution in [0, 0.1) is 5.92 Å². The van der Waals surface area contributed by atoms with Crippen molar-refractivity contribution in [2.75, 3.05) is 19.8 Å². The van der Waals surface area contributed by atoms with Crippen molar-refractivity contribution in [2.24, 2.45) is 11.1 Å². The molecule has 20 heavy (non-hydrogen) atoms. The van der Waals surface area contributed by atoms with E-state index in [9.17, 15) is 0 Å². The molecule has 6 heteroatoms. The van der Waals surface area contributed by atoms with Gasteiger partial charge < -0.3 is 19.4 Å². The first kappa shape index (κ1) is 17.5. The first-order chi connectivity index (χ1) is 9.39. The summed E-state index contributed by atoms with van der Waals surface area (Å²) in [6.45, 7) is 9.12. The van der Waals surface area contributed by atoms with Crippen LogP contribution in [0.4, 0.5) is 0 Å².